The van der Waals surface area contributed by atoms with Gasteiger partial charge in [-0.15, -0.1) is 0 Å². The molecule has 2 amide bonds. The Bertz CT molecular complexity index is 2460. The normalized spacial score (nSPS) is 14.2. The van der Waals surface area contributed by atoms with Gasteiger partial charge in [-0.25, -0.2) is 4.90 Å². The average molecular weight is 658 g/mol. The van der Waals surface area contributed by atoms with Crippen LogP contribution in [0.5, 0.6) is 0 Å². The molecular weight excluding hydrogens is 628 g/mol. The molecule has 0 saturated heterocycles. The van der Waals surface area contributed by atoms with Gasteiger partial charge in [0.15, 0.2) is 0 Å². The number of hydrogen-bond acceptors (Lipinski definition) is 4. The number of carbonyl (C=O) groups is 2. The second-order valence-corrected chi connectivity index (χ2v) is 13.1. The van der Waals surface area contributed by atoms with E-state index in [2.05, 4.69) is 29.8 Å². The van der Waals surface area contributed by atoms with Gasteiger partial charge in [-0.2, -0.15) is 0 Å². The van der Waals surface area contributed by atoms with Crippen LogP contribution in [-0.4, -0.2) is 16.4 Å². The Balaban J connectivity index is 1.46. The average Bonchev–Trinajstić information content (AvgIpc) is 3.28. The maximum atomic E-state index is 14.2. The van der Waals surface area contributed by atoms with Crippen LogP contribution in [0.1, 0.15) is 60.2 Å². The highest BCUT2D eigenvalue weighted by atomic mass is 79.9. The first kappa shape index (κ1) is 27.9. The molecule has 1 atom stereocenters. The van der Waals surface area contributed by atoms with Crippen molar-refractivity contribution in [2.45, 2.75) is 46.1 Å². The first-order valence-electron chi connectivity index (χ1n) is 15.5. The molecule has 0 saturated carbocycles. The lowest BCUT2D eigenvalue weighted by Gasteiger charge is -2.28. The van der Waals surface area contributed by atoms with Crippen LogP contribution in [0.3, 0.4) is 0 Å². The zero-order valence-corrected chi connectivity index (χ0v) is 26.5. The second kappa shape index (κ2) is 10.2. The zero-order chi connectivity index (χ0) is 31.1. The number of unbranched alkanes of at least 4 members (excludes halogenated alkanes) is 1. The Morgan fingerprint density at radius 1 is 0.667 bits per heavy atom. The number of benzene rings is 6. The number of fused-ring (bicyclic) bond motifs is 4. The molecule has 6 nitrogen and oxygen atoms in total. The summed E-state index contributed by atoms with van der Waals surface area (Å²) in [5, 5.41) is 7.30. The maximum Gasteiger partial charge on any atom is 0.265 e. The van der Waals surface area contributed by atoms with Gasteiger partial charge >= 0.3 is 0 Å². The summed E-state index contributed by atoms with van der Waals surface area (Å²) in [4.78, 5) is 57.3. The van der Waals surface area contributed by atoms with E-state index in [1.54, 1.807) is 36.4 Å². The van der Waals surface area contributed by atoms with E-state index in [1.165, 1.54) is 9.47 Å². The molecule has 7 heteroatoms. The predicted molar refractivity (Wildman–Crippen MR) is 185 cm³/mol. The van der Waals surface area contributed by atoms with Gasteiger partial charge in [-0.1, -0.05) is 79.4 Å². The fourth-order valence-corrected chi connectivity index (χ4v) is 7.76. The molecule has 0 fully saturated rings. The molecule has 7 aromatic rings. The number of carbonyl (C=O) groups excluding carboxylic acids is 2. The lowest BCUT2D eigenvalue weighted by molar-refractivity contribution is 0.0893. The van der Waals surface area contributed by atoms with Crippen molar-refractivity contribution in [1.82, 2.24) is 4.57 Å². The Morgan fingerprint density at radius 2 is 1.36 bits per heavy atom. The smallest absolute Gasteiger partial charge is 0.265 e. The highest BCUT2D eigenvalue weighted by Gasteiger charge is 2.35. The SMILES string of the molecule is CCCCC(CC)Cn1c(=O)c2cc3cccc4c5ccc6c7c(ccc(c75)c(c2c1=O)c34)C(=O)N(c1ccc(Br)cc1)C6=O. The molecule has 1 aliphatic heterocycles. The van der Waals surface area contributed by atoms with Gasteiger partial charge in [0.2, 0.25) is 0 Å². The summed E-state index contributed by atoms with van der Waals surface area (Å²) in [6.45, 7) is 4.66. The lowest BCUT2D eigenvalue weighted by Crippen LogP contribution is -2.40. The second-order valence-electron chi connectivity index (χ2n) is 12.2. The van der Waals surface area contributed by atoms with Gasteiger partial charge < -0.3 is 0 Å². The summed E-state index contributed by atoms with van der Waals surface area (Å²) in [5.41, 5.74) is 0.837. The highest BCUT2D eigenvalue weighted by Crippen LogP contribution is 2.45. The number of anilines is 1. The van der Waals surface area contributed by atoms with Crippen LogP contribution in [0.4, 0.5) is 5.69 Å². The van der Waals surface area contributed by atoms with Crippen molar-refractivity contribution in [3.63, 3.8) is 0 Å². The van der Waals surface area contributed by atoms with E-state index in [9.17, 15) is 19.2 Å². The van der Waals surface area contributed by atoms with Gasteiger partial charge in [-0.3, -0.25) is 23.7 Å². The monoisotopic (exact) mass is 656 g/mol. The fourth-order valence-electron chi connectivity index (χ4n) is 7.50. The molecule has 0 spiro atoms. The molecule has 0 aliphatic carbocycles. The lowest BCUT2D eigenvalue weighted by atomic mass is 9.84. The van der Waals surface area contributed by atoms with Crippen molar-refractivity contribution >= 4 is 87.3 Å². The summed E-state index contributed by atoms with van der Waals surface area (Å²) < 4.78 is 2.29. The van der Waals surface area contributed by atoms with Crippen LogP contribution >= 0.6 is 15.9 Å². The van der Waals surface area contributed by atoms with E-state index in [0.29, 0.717) is 44.9 Å². The molecule has 1 aliphatic rings. The summed E-state index contributed by atoms with van der Waals surface area (Å²) in [7, 11) is 0. The molecule has 1 unspecified atom stereocenters. The summed E-state index contributed by atoms with van der Waals surface area (Å²) in [6.07, 6.45) is 3.98. The van der Waals surface area contributed by atoms with E-state index in [4.69, 9.17) is 0 Å². The van der Waals surface area contributed by atoms with E-state index in [0.717, 1.165) is 62.5 Å². The largest absolute Gasteiger partial charge is 0.274 e. The fraction of sp³-hybridized carbons (Fsp3) is 0.211. The van der Waals surface area contributed by atoms with Crippen molar-refractivity contribution in [2.24, 2.45) is 5.92 Å². The van der Waals surface area contributed by atoms with Crippen LogP contribution in [0.25, 0.3) is 53.9 Å². The quantitative estimate of drug-likeness (QED) is 0.0977. The Morgan fingerprint density at radius 3 is 2.04 bits per heavy atom. The van der Waals surface area contributed by atoms with Gasteiger partial charge in [0, 0.05) is 32.9 Å². The van der Waals surface area contributed by atoms with Crippen molar-refractivity contribution in [3.05, 3.63) is 109 Å². The summed E-state index contributed by atoms with van der Waals surface area (Å²) >= 11 is 3.43. The van der Waals surface area contributed by atoms with Crippen LogP contribution in [0, 0.1) is 5.92 Å². The van der Waals surface area contributed by atoms with Gasteiger partial charge in [0.1, 0.15) is 0 Å². The molecule has 45 heavy (non-hydrogen) atoms. The molecule has 6 aromatic carbocycles. The van der Waals surface area contributed by atoms with Crippen LogP contribution in [0.15, 0.2) is 86.9 Å². The van der Waals surface area contributed by atoms with E-state index in [1.807, 2.05) is 36.4 Å². The third-order valence-corrected chi connectivity index (χ3v) is 10.3. The van der Waals surface area contributed by atoms with Crippen LogP contribution in [-0.2, 0) is 6.54 Å². The summed E-state index contributed by atoms with van der Waals surface area (Å²) in [6, 6.07) is 22.3. The molecule has 0 bridgehead atoms. The number of aromatic nitrogens is 1. The first-order chi connectivity index (χ1) is 21.8. The minimum atomic E-state index is -0.393. The predicted octanol–water partition coefficient (Wildman–Crippen LogP) is 8.63. The molecule has 0 radical (unpaired) electrons. The number of imide groups is 1. The minimum absolute atomic E-state index is 0.242. The minimum Gasteiger partial charge on any atom is -0.274 e. The molecule has 222 valence electrons. The molecule has 1 aromatic heterocycles. The highest BCUT2D eigenvalue weighted by molar-refractivity contribution is 9.10. The van der Waals surface area contributed by atoms with Gasteiger partial charge in [0.25, 0.3) is 22.9 Å². The molecular formula is C38H29BrN2O4. The summed E-state index contributed by atoms with van der Waals surface area (Å²) in [5.74, 6) is -0.543. The Hall–Kier alpha value is -4.62. The van der Waals surface area contributed by atoms with Crippen molar-refractivity contribution < 1.29 is 9.59 Å². The maximum absolute atomic E-state index is 14.2. The standard InChI is InChI=1S/C38H29BrN2O4/c1-3-5-7-20(4-2)19-40-35(42)29-18-21-8-6-9-24-25-14-16-27-32-28(37(44)41(36(27)43)23-12-10-22(39)11-13-23)17-15-26(31(25)32)33(30(21)24)34(29)38(40)45/h6,8-18,20H,3-5,7,19H2,1-2H3. The van der Waals surface area contributed by atoms with Crippen molar-refractivity contribution in [1.29, 1.82) is 0 Å². The van der Waals surface area contributed by atoms with Crippen molar-refractivity contribution in [2.75, 3.05) is 4.90 Å². The molecule has 2 heterocycles. The topological polar surface area (TPSA) is 76.5 Å². The Kier molecular flexibility index (Phi) is 6.33. The third-order valence-electron chi connectivity index (χ3n) is 9.76. The van der Waals surface area contributed by atoms with E-state index < -0.39 is 11.8 Å². The Labute approximate surface area is 266 Å². The molecule has 8 rings (SSSR count). The van der Waals surface area contributed by atoms with E-state index in [-0.39, 0.29) is 17.0 Å². The first-order valence-corrected chi connectivity index (χ1v) is 16.3. The number of nitrogens with zero attached hydrogens (tertiary/aromatic N) is 2. The van der Waals surface area contributed by atoms with Crippen molar-refractivity contribution in [3.8, 4) is 0 Å². The zero-order valence-electron chi connectivity index (χ0n) is 24.9. The van der Waals surface area contributed by atoms with Gasteiger partial charge in [-0.05, 0) is 87.1 Å². The number of amides is 2. The molecule has 0 N–H and O–H groups in total. The van der Waals surface area contributed by atoms with Crippen LogP contribution < -0.4 is 16.0 Å². The van der Waals surface area contributed by atoms with Crippen LogP contribution in [0.2, 0.25) is 0 Å². The number of rotatable bonds is 7. The van der Waals surface area contributed by atoms with E-state index >= 15 is 0 Å². The number of hydrogen-bond donors (Lipinski definition) is 0. The third kappa shape index (κ3) is 3.86. The van der Waals surface area contributed by atoms with Gasteiger partial charge in [0.05, 0.1) is 16.5 Å². The number of halogens is 1.